The zero-order valence-electron chi connectivity index (χ0n) is 10.3. The zero-order chi connectivity index (χ0) is 12.1. The first-order valence-electron chi connectivity index (χ1n) is 5.82. The van der Waals surface area contributed by atoms with Crippen LogP contribution in [0.4, 0.5) is 0 Å². The summed E-state index contributed by atoms with van der Waals surface area (Å²) in [5.74, 6) is 0. The molecule has 0 fully saturated rings. The molecule has 1 heterocycles. The number of nitrogens with one attached hydrogen (secondary N) is 1. The van der Waals surface area contributed by atoms with Gasteiger partial charge < -0.3 is 4.98 Å². The lowest BCUT2D eigenvalue weighted by Gasteiger charge is -1.86. The fourth-order valence-electron chi connectivity index (χ4n) is 1.75. The van der Waals surface area contributed by atoms with Crippen LogP contribution in [0.15, 0.2) is 60.8 Å². The second-order valence-corrected chi connectivity index (χ2v) is 4.17. The maximum absolute atomic E-state index is 3.19. The van der Waals surface area contributed by atoms with Crippen molar-refractivity contribution in [2.24, 2.45) is 0 Å². The van der Waals surface area contributed by atoms with E-state index in [1.54, 1.807) is 0 Å². The fourth-order valence-corrected chi connectivity index (χ4v) is 1.75. The molecule has 86 valence electrons. The molecule has 17 heavy (non-hydrogen) atoms. The lowest BCUT2D eigenvalue weighted by Crippen LogP contribution is -1.64. The molecule has 0 aliphatic heterocycles. The highest BCUT2D eigenvalue weighted by Gasteiger charge is 1.94. The topological polar surface area (TPSA) is 15.8 Å². The molecule has 1 nitrogen and oxygen atoms in total. The minimum atomic E-state index is 1.22. The van der Waals surface area contributed by atoms with Crippen LogP contribution in [0.5, 0.6) is 0 Å². The van der Waals surface area contributed by atoms with Crippen LogP contribution in [0.1, 0.15) is 11.1 Å². The molecule has 0 aliphatic carbocycles. The standard InChI is InChI=1S/C9H9N.C7H8/c1-7-6-10-9-5-3-2-4-8(7)9;1-7-5-3-2-4-6-7/h2-6,10H,1H3;2-6H,1H3. The lowest BCUT2D eigenvalue weighted by molar-refractivity contribution is 1.43. The van der Waals surface area contributed by atoms with Crippen molar-refractivity contribution >= 4 is 10.9 Å². The third kappa shape index (κ3) is 2.97. The molecule has 1 aromatic heterocycles. The van der Waals surface area contributed by atoms with Crippen molar-refractivity contribution in [1.29, 1.82) is 0 Å². The predicted molar refractivity (Wildman–Crippen MR) is 74.2 cm³/mol. The Bertz CT molecular complexity index is 579. The highest BCUT2D eigenvalue weighted by molar-refractivity contribution is 5.82. The van der Waals surface area contributed by atoms with E-state index in [9.17, 15) is 0 Å². The zero-order valence-corrected chi connectivity index (χ0v) is 10.3. The van der Waals surface area contributed by atoms with Gasteiger partial charge in [0.25, 0.3) is 0 Å². The number of para-hydroxylation sites is 1. The van der Waals surface area contributed by atoms with Gasteiger partial charge in [0.15, 0.2) is 0 Å². The molecular weight excluding hydrogens is 206 g/mol. The first-order chi connectivity index (χ1) is 8.27. The molecule has 1 heteroatoms. The lowest BCUT2D eigenvalue weighted by atomic mass is 10.2. The maximum Gasteiger partial charge on any atom is 0.0456 e. The number of aromatic nitrogens is 1. The molecule has 0 saturated carbocycles. The van der Waals surface area contributed by atoms with Crippen molar-refractivity contribution < 1.29 is 0 Å². The van der Waals surface area contributed by atoms with Gasteiger partial charge in [-0.2, -0.15) is 0 Å². The van der Waals surface area contributed by atoms with E-state index in [0.717, 1.165) is 0 Å². The van der Waals surface area contributed by atoms with Gasteiger partial charge in [-0.15, -0.1) is 0 Å². The number of aromatic amines is 1. The summed E-state index contributed by atoms with van der Waals surface area (Å²) < 4.78 is 0. The molecule has 0 bridgehead atoms. The number of rotatable bonds is 0. The van der Waals surface area contributed by atoms with Crippen molar-refractivity contribution in [1.82, 2.24) is 4.98 Å². The van der Waals surface area contributed by atoms with Crippen LogP contribution in [0.25, 0.3) is 10.9 Å². The van der Waals surface area contributed by atoms with Crippen LogP contribution < -0.4 is 0 Å². The number of fused-ring (bicyclic) bond motifs is 1. The van der Waals surface area contributed by atoms with Gasteiger partial charge in [0, 0.05) is 17.1 Å². The Balaban J connectivity index is 0.000000136. The SMILES string of the molecule is Cc1c[nH]c2ccccc12.Cc1ccccc1. The van der Waals surface area contributed by atoms with Crippen molar-refractivity contribution in [2.75, 3.05) is 0 Å². The summed E-state index contributed by atoms with van der Waals surface area (Å²) in [6.07, 6.45) is 2.03. The molecule has 0 amide bonds. The monoisotopic (exact) mass is 223 g/mol. The first-order valence-corrected chi connectivity index (χ1v) is 5.82. The van der Waals surface area contributed by atoms with Crippen molar-refractivity contribution in [3.05, 3.63) is 71.9 Å². The van der Waals surface area contributed by atoms with Gasteiger partial charge in [0.05, 0.1) is 0 Å². The molecule has 0 unspecified atom stereocenters. The molecule has 3 aromatic rings. The van der Waals surface area contributed by atoms with Crippen molar-refractivity contribution in [3.8, 4) is 0 Å². The summed E-state index contributed by atoms with van der Waals surface area (Å²) in [5, 5.41) is 1.32. The molecular formula is C16H17N. The summed E-state index contributed by atoms with van der Waals surface area (Å²) in [6, 6.07) is 18.6. The van der Waals surface area contributed by atoms with Gasteiger partial charge in [-0.1, -0.05) is 54.1 Å². The average molecular weight is 223 g/mol. The van der Waals surface area contributed by atoms with Gasteiger partial charge >= 0.3 is 0 Å². The van der Waals surface area contributed by atoms with Gasteiger partial charge in [-0.3, -0.25) is 0 Å². The first kappa shape index (κ1) is 11.5. The Hall–Kier alpha value is -2.02. The molecule has 0 radical (unpaired) electrons. The van der Waals surface area contributed by atoms with E-state index in [-0.39, 0.29) is 0 Å². The van der Waals surface area contributed by atoms with Crippen LogP contribution in [0, 0.1) is 13.8 Å². The molecule has 0 saturated heterocycles. The Morgan fingerprint density at radius 1 is 0.765 bits per heavy atom. The minimum absolute atomic E-state index is 1.22. The summed E-state index contributed by atoms with van der Waals surface area (Å²) in [4.78, 5) is 3.19. The van der Waals surface area contributed by atoms with Crippen LogP contribution in [-0.4, -0.2) is 4.98 Å². The molecule has 2 aromatic carbocycles. The van der Waals surface area contributed by atoms with Crippen molar-refractivity contribution in [2.45, 2.75) is 13.8 Å². The quantitative estimate of drug-likeness (QED) is 0.578. The summed E-state index contributed by atoms with van der Waals surface area (Å²) in [5.41, 5.74) is 3.86. The Labute approximate surface area is 102 Å². The Morgan fingerprint density at radius 3 is 2.00 bits per heavy atom. The second kappa shape index (κ2) is 5.35. The minimum Gasteiger partial charge on any atom is -0.361 e. The summed E-state index contributed by atoms with van der Waals surface area (Å²) in [6.45, 7) is 4.19. The highest BCUT2D eigenvalue weighted by Crippen LogP contribution is 2.15. The number of hydrogen-bond donors (Lipinski definition) is 1. The maximum atomic E-state index is 3.19. The molecule has 0 atom stereocenters. The summed E-state index contributed by atoms with van der Waals surface area (Å²) in [7, 11) is 0. The van der Waals surface area contributed by atoms with Crippen LogP contribution in [0.3, 0.4) is 0 Å². The molecule has 0 spiro atoms. The molecule has 0 aliphatic rings. The van der Waals surface area contributed by atoms with Crippen LogP contribution in [-0.2, 0) is 0 Å². The number of aryl methyl sites for hydroxylation is 2. The van der Waals surface area contributed by atoms with Gasteiger partial charge in [0.2, 0.25) is 0 Å². The fraction of sp³-hybridized carbons (Fsp3) is 0.125. The average Bonchev–Trinajstić information content (AvgIpc) is 2.74. The van der Waals surface area contributed by atoms with Gasteiger partial charge in [-0.25, -0.2) is 0 Å². The van der Waals surface area contributed by atoms with Gasteiger partial charge in [0.1, 0.15) is 0 Å². The Morgan fingerprint density at radius 2 is 1.41 bits per heavy atom. The van der Waals surface area contributed by atoms with Crippen LogP contribution >= 0.6 is 0 Å². The van der Waals surface area contributed by atoms with E-state index < -0.39 is 0 Å². The second-order valence-electron chi connectivity index (χ2n) is 4.17. The van der Waals surface area contributed by atoms with E-state index >= 15 is 0 Å². The van der Waals surface area contributed by atoms with Crippen molar-refractivity contribution in [3.63, 3.8) is 0 Å². The van der Waals surface area contributed by atoms with Gasteiger partial charge in [-0.05, 0) is 25.5 Å². The summed E-state index contributed by atoms with van der Waals surface area (Å²) >= 11 is 0. The molecule has 3 rings (SSSR count). The van der Waals surface area contributed by atoms with E-state index in [0.29, 0.717) is 0 Å². The van der Waals surface area contributed by atoms with E-state index in [2.05, 4.69) is 49.2 Å². The normalized spacial score (nSPS) is 9.76. The third-order valence-corrected chi connectivity index (χ3v) is 2.74. The van der Waals surface area contributed by atoms with E-state index in [1.807, 2.05) is 30.5 Å². The Kier molecular flexibility index (Phi) is 3.61. The van der Waals surface area contributed by atoms with E-state index in [1.165, 1.54) is 22.0 Å². The number of benzene rings is 2. The predicted octanol–water partition coefficient (Wildman–Crippen LogP) is 4.47. The molecule has 1 N–H and O–H groups in total. The largest absolute Gasteiger partial charge is 0.361 e. The van der Waals surface area contributed by atoms with Crippen LogP contribution in [0.2, 0.25) is 0 Å². The highest BCUT2D eigenvalue weighted by atomic mass is 14.7. The number of H-pyrrole nitrogens is 1. The van der Waals surface area contributed by atoms with E-state index in [4.69, 9.17) is 0 Å². The smallest absolute Gasteiger partial charge is 0.0456 e. The third-order valence-electron chi connectivity index (χ3n) is 2.74. The number of hydrogen-bond acceptors (Lipinski definition) is 0.